The molecule has 69 valence electrons. The zero-order valence-corrected chi connectivity index (χ0v) is 7.41. The van der Waals surface area contributed by atoms with Crippen LogP contribution in [-0.4, -0.2) is 0 Å². The molecular weight excluding hydrogens is 179 g/mol. The maximum absolute atomic E-state index is 12.7. The highest BCUT2D eigenvalue weighted by Gasteiger charge is 1.97. The van der Waals surface area contributed by atoms with Crippen molar-refractivity contribution in [1.82, 2.24) is 0 Å². The lowest BCUT2D eigenvalue weighted by atomic mass is 10.3. The van der Waals surface area contributed by atoms with Crippen molar-refractivity contribution in [2.24, 2.45) is 0 Å². The number of para-hydroxylation sites is 1. The second-order valence-corrected chi connectivity index (χ2v) is 2.79. The van der Waals surface area contributed by atoms with Crippen LogP contribution in [0.5, 0.6) is 11.5 Å². The molecule has 2 aromatic rings. The summed E-state index contributed by atoms with van der Waals surface area (Å²) in [7, 11) is 0. The predicted molar refractivity (Wildman–Crippen MR) is 51.8 cm³/mol. The van der Waals surface area contributed by atoms with Gasteiger partial charge in [-0.3, -0.25) is 0 Å². The lowest BCUT2D eigenvalue weighted by Gasteiger charge is -2.04. The molecular formula is C12H8FO. The van der Waals surface area contributed by atoms with E-state index in [1.165, 1.54) is 12.1 Å². The van der Waals surface area contributed by atoms with Crippen LogP contribution in [0.1, 0.15) is 0 Å². The molecule has 0 aliphatic rings. The molecule has 1 nitrogen and oxygen atoms in total. The summed E-state index contributed by atoms with van der Waals surface area (Å²) in [6.45, 7) is 0. The maximum Gasteiger partial charge on any atom is 0.134 e. The van der Waals surface area contributed by atoms with E-state index in [2.05, 4.69) is 6.07 Å². The molecule has 2 heteroatoms. The third-order valence-electron chi connectivity index (χ3n) is 1.72. The van der Waals surface area contributed by atoms with Gasteiger partial charge in [0.05, 0.1) is 0 Å². The summed E-state index contributed by atoms with van der Waals surface area (Å²) in [6.07, 6.45) is 0. The van der Waals surface area contributed by atoms with Gasteiger partial charge in [-0.1, -0.05) is 18.2 Å². The molecule has 0 bridgehead atoms. The van der Waals surface area contributed by atoms with Crippen molar-refractivity contribution < 1.29 is 9.13 Å². The van der Waals surface area contributed by atoms with E-state index < -0.39 is 5.82 Å². The normalized spacial score (nSPS) is 9.79. The minimum absolute atomic E-state index is 0.418. The zero-order chi connectivity index (χ0) is 9.80. The van der Waals surface area contributed by atoms with Gasteiger partial charge in [0.25, 0.3) is 0 Å². The number of benzene rings is 2. The SMILES string of the molecule is Fc1[c]ccc(Oc2ccccc2)c1. The van der Waals surface area contributed by atoms with E-state index in [9.17, 15) is 4.39 Å². The Morgan fingerprint density at radius 1 is 1.00 bits per heavy atom. The average molecular weight is 187 g/mol. The molecule has 0 saturated heterocycles. The Morgan fingerprint density at radius 2 is 1.79 bits per heavy atom. The van der Waals surface area contributed by atoms with Crippen LogP contribution >= 0.6 is 0 Å². The molecule has 0 heterocycles. The molecule has 0 atom stereocenters. The minimum Gasteiger partial charge on any atom is -0.457 e. The Bertz CT molecular complexity index is 412. The molecule has 2 rings (SSSR count). The highest BCUT2D eigenvalue weighted by atomic mass is 19.1. The standard InChI is InChI=1S/C12H8FO/c13-10-5-4-8-12(9-10)14-11-6-2-1-3-7-11/h1-4,6-9H. The highest BCUT2D eigenvalue weighted by molar-refractivity contribution is 5.30. The monoisotopic (exact) mass is 187 g/mol. The van der Waals surface area contributed by atoms with Gasteiger partial charge in [-0.25, -0.2) is 4.39 Å². The number of ether oxygens (including phenoxy) is 1. The summed E-state index contributed by atoms with van der Waals surface area (Å²) in [6, 6.07) is 16.1. The van der Waals surface area contributed by atoms with Crippen LogP contribution < -0.4 is 4.74 Å². The molecule has 2 aromatic carbocycles. The van der Waals surface area contributed by atoms with Gasteiger partial charge in [-0.05, 0) is 24.3 Å². The molecule has 0 N–H and O–H groups in total. The van der Waals surface area contributed by atoms with E-state index in [1.807, 2.05) is 30.3 Å². The van der Waals surface area contributed by atoms with E-state index in [-0.39, 0.29) is 0 Å². The van der Waals surface area contributed by atoms with Crippen LogP contribution in [0.3, 0.4) is 0 Å². The van der Waals surface area contributed by atoms with Crippen LogP contribution in [0, 0.1) is 11.9 Å². The van der Waals surface area contributed by atoms with Gasteiger partial charge < -0.3 is 4.74 Å². The van der Waals surface area contributed by atoms with E-state index in [0.29, 0.717) is 11.5 Å². The molecule has 0 spiro atoms. The minimum atomic E-state index is -0.418. The summed E-state index contributed by atoms with van der Waals surface area (Å²) >= 11 is 0. The molecule has 0 aromatic heterocycles. The van der Waals surface area contributed by atoms with Crippen LogP contribution in [0.25, 0.3) is 0 Å². The fraction of sp³-hybridized carbons (Fsp3) is 0. The number of hydrogen-bond acceptors (Lipinski definition) is 1. The van der Waals surface area contributed by atoms with Crippen LogP contribution in [0.2, 0.25) is 0 Å². The molecule has 0 fully saturated rings. The van der Waals surface area contributed by atoms with E-state index in [4.69, 9.17) is 4.74 Å². The molecule has 1 radical (unpaired) electrons. The lowest BCUT2D eigenvalue weighted by Crippen LogP contribution is -1.84. The van der Waals surface area contributed by atoms with Crippen LogP contribution in [0.4, 0.5) is 4.39 Å². The number of rotatable bonds is 2. The largest absolute Gasteiger partial charge is 0.457 e. The number of hydrogen-bond donors (Lipinski definition) is 0. The molecule has 0 unspecified atom stereocenters. The molecule has 0 amide bonds. The van der Waals surface area contributed by atoms with Crippen molar-refractivity contribution >= 4 is 0 Å². The molecule has 0 aliphatic carbocycles. The van der Waals surface area contributed by atoms with Gasteiger partial charge in [0.15, 0.2) is 0 Å². The Balaban J connectivity index is 2.19. The molecule has 0 aliphatic heterocycles. The smallest absolute Gasteiger partial charge is 0.134 e. The van der Waals surface area contributed by atoms with Crippen molar-refractivity contribution in [3.8, 4) is 11.5 Å². The van der Waals surface area contributed by atoms with Crippen molar-refractivity contribution in [1.29, 1.82) is 0 Å². The van der Waals surface area contributed by atoms with Gasteiger partial charge in [0.1, 0.15) is 17.3 Å². The van der Waals surface area contributed by atoms with Gasteiger partial charge >= 0.3 is 0 Å². The summed E-state index contributed by atoms with van der Waals surface area (Å²) in [5.41, 5.74) is 0. The van der Waals surface area contributed by atoms with E-state index in [0.717, 1.165) is 0 Å². The molecule has 14 heavy (non-hydrogen) atoms. The second kappa shape index (κ2) is 3.92. The molecule has 0 saturated carbocycles. The van der Waals surface area contributed by atoms with Crippen molar-refractivity contribution in [2.45, 2.75) is 0 Å². The van der Waals surface area contributed by atoms with Gasteiger partial charge in [0.2, 0.25) is 0 Å². The lowest BCUT2D eigenvalue weighted by molar-refractivity contribution is 0.476. The third kappa shape index (κ3) is 2.10. The Kier molecular flexibility index (Phi) is 2.45. The van der Waals surface area contributed by atoms with Gasteiger partial charge in [0, 0.05) is 12.1 Å². The summed E-state index contributed by atoms with van der Waals surface area (Å²) in [4.78, 5) is 0. The van der Waals surface area contributed by atoms with Crippen molar-refractivity contribution in [2.75, 3.05) is 0 Å². The number of halogens is 1. The first-order chi connectivity index (χ1) is 6.84. The fourth-order valence-corrected chi connectivity index (χ4v) is 1.11. The summed E-state index contributed by atoms with van der Waals surface area (Å²) in [5.74, 6) is 0.754. The Labute approximate surface area is 81.8 Å². The fourth-order valence-electron chi connectivity index (χ4n) is 1.11. The zero-order valence-electron chi connectivity index (χ0n) is 7.41. The van der Waals surface area contributed by atoms with Gasteiger partial charge in [-0.2, -0.15) is 0 Å². The summed E-state index contributed by atoms with van der Waals surface area (Å²) in [5, 5.41) is 0. The predicted octanol–water partition coefficient (Wildman–Crippen LogP) is 3.42. The first-order valence-electron chi connectivity index (χ1n) is 4.25. The highest BCUT2D eigenvalue weighted by Crippen LogP contribution is 2.20. The van der Waals surface area contributed by atoms with E-state index >= 15 is 0 Å². The topological polar surface area (TPSA) is 9.23 Å². The second-order valence-electron chi connectivity index (χ2n) is 2.79. The maximum atomic E-state index is 12.7. The van der Waals surface area contributed by atoms with Crippen molar-refractivity contribution in [3.63, 3.8) is 0 Å². The van der Waals surface area contributed by atoms with E-state index in [1.54, 1.807) is 6.07 Å². The van der Waals surface area contributed by atoms with Crippen LogP contribution in [-0.2, 0) is 0 Å². The Morgan fingerprint density at radius 3 is 2.50 bits per heavy atom. The first kappa shape index (κ1) is 8.75. The first-order valence-corrected chi connectivity index (χ1v) is 4.25. The third-order valence-corrected chi connectivity index (χ3v) is 1.72. The average Bonchev–Trinajstić information content (AvgIpc) is 2.19. The van der Waals surface area contributed by atoms with Crippen LogP contribution in [0.15, 0.2) is 48.5 Å². The summed E-state index contributed by atoms with van der Waals surface area (Å²) < 4.78 is 18.1. The quantitative estimate of drug-likeness (QED) is 0.700. The Hall–Kier alpha value is -1.83. The van der Waals surface area contributed by atoms with Crippen molar-refractivity contribution in [3.05, 3.63) is 60.4 Å². The van der Waals surface area contributed by atoms with Gasteiger partial charge in [-0.15, -0.1) is 0 Å².